The van der Waals surface area contributed by atoms with Gasteiger partial charge in [-0.3, -0.25) is 4.79 Å². The van der Waals surface area contributed by atoms with Gasteiger partial charge in [-0.05, 0) is 63.0 Å². The van der Waals surface area contributed by atoms with Crippen LogP contribution in [-0.4, -0.2) is 25.8 Å². The van der Waals surface area contributed by atoms with Gasteiger partial charge in [-0.1, -0.05) is 0 Å². The predicted molar refractivity (Wildman–Crippen MR) is 92.2 cm³/mol. The highest BCUT2D eigenvalue weighted by atomic mass is 16.1. The van der Waals surface area contributed by atoms with Crippen molar-refractivity contribution in [2.75, 3.05) is 5.32 Å². The molecule has 2 aliphatic carbocycles. The molecule has 0 aromatic carbocycles. The summed E-state index contributed by atoms with van der Waals surface area (Å²) < 4.78 is 1.66. The van der Waals surface area contributed by atoms with Gasteiger partial charge in [0.2, 0.25) is 5.95 Å². The summed E-state index contributed by atoms with van der Waals surface area (Å²) in [6.45, 7) is 1.92. The topological polar surface area (TPSA) is 72.7 Å². The second-order valence-electron chi connectivity index (χ2n) is 7.02. The molecule has 0 radical (unpaired) electrons. The van der Waals surface area contributed by atoms with Gasteiger partial charge in [0.05, 0.1) is 11.7 Å². The Labute approximate surface area is 141 Å². The molecule has 0 amide bonds. The number of aryl methyl sites for hydroxylation is 1. The maximum absolute atomic E-state index is 12.0. The molecule has 2 heterocycles. The van der Waals surface area contributed by atoms with Crippen LogP contribution in [0.4, 0.5) is 5.95 Å². The predicted octanol–water partition coefficient (Wildman–Crippen LogP) is 2.81. The zero-order valence-corrected chi connectivity index (χ0v) is 14.0. The number of aromatic nitrogens is 4. The van der Waals surface area contributed by atoms with E-state index in [9.17, 15) is 4.79 Å². The fraction of sp³-hybridized carbons (Fsp3) is 0.556. The summed E-state index contributed by atoms with van der Waals surface area (Å²) in [4.78, 5) is 20.9. The minimum atomic E-state index is -0.00370. The monoisotopic (exact) mass is 325 g/mol. The standard InChI is InChI=1S/C18H23N5O/c1-12-2-9-17(24)23(22-12)16-7-5-15(6-8-16)21-18-19-10-14(11-20-18)13-3-4-13/h2,9-11,13,15-16H,3-8H2,1H3,(H,19,20,21). The van der Waals surface area contributed by atoms with E-state index in [1.54, 1.807) is 16.8 Å². The van der Waals surface area contributed by atoms with Crippen molar-refractivity contribution in [3.8, 4) is 0 Å². The molecule has 0 unspecified atom stereocenters. The van der Waals surface area contributed by atoms with Crippen LogP contribution in [0, 0.1) is 6.92 Å². The first-order chi connectivity index (χ1) is 11.7. The molecule has 6 nitrogen and oxygen atoms in total. The quantitative estimate of drug-likeness (QED) is 0.936. The molecule has 0 spiro atoms. The summed E-state index contributed by atoms with van der Waals surface area (Å²) in [5, 5.41) is 7.83. The van der Waals surface area contributed by atoms with Crippen molar-refractivity contribution >= 4 is 5.95 Å². The Morgan fingerprint density at radius 3 is 2.42 bits per heavy atom. The second-order valence-corrected chi connectivity index (χ2v) is 7.02. The molecule has 0 bridgehead atoms. The van der Waals surface area contributed by atoms with E-state index < -0.39 is 0 Å². The van der Waals surface area contributed by atoms with Gasteiger partial charge in [-0.25, -0.2) is 14.6 Å². The van der Waals surface area contributed by atoms with Gasteiger partial charge < -0.3 is 5.32 Å². The molecular weight excluding hydrogens is 302 g/mol. The van der Waals surface area contributed by atoms with Crippen LogP contribution in [0.1, 0.15) is 61.7 Å². The molecule has 2 aliphatic rings. The Hall–Kier alpha value is -2.24. The number of nitrogens with one attached hydrogen (secondary N) is 1. The molecule has 126 valence electrons. The fourth-order valence-electron chi connectivity index (χ4n) is 3.47. The van der Waals surface area contributed by atoms with E-state index in [0.717, 1.165) is 31.4 Å². The van der Waals surface area contributed by atoms with Gasteiger partial charge in [0.1, 0.15) is 0 Å². The highest BCUT2D eigenvalue weighted by Crippen LogP contribution is 2.39. The molecule has 0 aliphatic heterocycles. The maximum Gasteiger partial charge on any atom is 0.267 e. The van der Waals surface area contributed by atoms with Crippen LogP contribution < -0.4 is 10.9 Å². The SMILES string of the molecule is Cc1ccc(=O)n(C2CCC(Nc3ncc(C4CC4)cn3)CC2)n1. The second kappa shape index (κ2) is 6.34. The molecule has 2 aromatic rings. The van der Waals surface area contributed by atoms with Crippen LogP contribution in [0.25, 0.3) is 0 Å². The molecule has 6 heteroatoms. The zero-order chi connectivity index (χ0) is 16.5. The minimum absolute atomic E-state index is 0.00370. The number of hydrogen-bond acceptors (Lipinski definition) is 5. The van der Waals surface area contributed by atoms with E-state index in [2.05, 4.69) is 20.4 Å². The van der Waals surface area contributed by atoms with Crippen molar-refractivity contribution < 1.29 is 0 Å². The van der Waals surface area contributed by atoms with Gasteiger partial charge >= 0.3 is 0 Å². The molecule has 24 heavy (non-hydrogen) atoms. The summed E-state index contributed by atoms with van der Waals surface area (Å²) in [6.07, 6.45) is 10.4. The number of rotatable bonds is 4. The molecule has 2 saturated carbocycles. The normalized spacial score (nSPS) is 23.9. The highest BCUT2D eigenvalue weighted by Gasteiger charge is 2.26. The van der Waals surface area contributed by atoms with E-state index in [-0.39, 0.29) is 11.6 Å². The first kappa shape index (κ1) is 15.3. The lowest BCUT2D eigenvalue weighted by Crippen LogP contribution is -2.33. The molecule has 2 aromatic heterocycles. The molecular formula is C18H23N5O. The molecule has 0 atom stereocenters. The Kier molecular flexibility index (Phi) is 4.04. The maximum atomic E-state index is 12.0. The number of anilines is 1. The van der Waals surface area contributed by atoms with Gasteiger partial charge in [0.25, 0.3) is 5.56 Å². The molecule has 4 rings (SSSR count). The third-order valence-electron chi connectivity index (χ3n) is 5.05. The average Bonchev–Trinajstić information content (AvgIpc) is 3.44. The lowest BCUT2D eigenvalue weighted by molar-refractivity contribution is 0.302. The van der Waals surface area contributed by atoms with E-state index in [0.29, 0.717) is 17.9 Å². The Morgan fingerprint density at radius 1 is 1.04 bits per heavy atom. The summed E-state index contributed by atoms with van der Waals surface area (Å²) in [5.74, 6) is 1.41. The third-order valence-corrected chi connectivity index (χ3v) is 5.05. The van der Waals surface area contributed by atoms with Crippen molar-refractivity contribution in [1.82, 2.24) is 19.7 Å². The van der Waals surface area contributed by atoms with E-state index in [1.165, 1.54) is 18.4 Å². The van der Waals surface area contributed by atoms with Gasteiger partial charge in [0, 0.05) is 24.5 Å². The molecule has 0 saturated heterocycles. The lowest BCUT2D eigenvalue weighted by Gasteiger charge is -2.29. The van der Waals surface area contributed by atoms with Crippen LogP contribution in [-0.2, 0) is 0 Å². The summed E-state index contributed by atoms with van der Waals surface area (Å²) in [7, 11) is 0. The number of nitrogens with zero attached hydrogens (tertiary/aromatic N) is 4. The highest BCUT2D eigenvalue weighted by molar-refractivity contribution is 5.29. The fourth-order valence-corrected chi connectivity index (χ4v) is 3.47. The summed E-state index contributed by atoms with van der Waals surface area (Å²) in [5.41, 5.74) is 2.14. The summed E-state index contributed by atoms with van der Waals surface area (Å²) in [6, 6.07) is 3.96. The van der Waals surface area contributed by atoms with E-state index in [1.807, 2.05) is 19.3 Å². The average molecular weight is 325 g/mol. The van der Waals surface area contributed by atoms with Crippen LogP contribution >= 0.6 is 0 Å². The van der Waals surface area contributed by atoms with Crippen molar-refractivity contribution in [1.29, 1.82) is 0 Å². The van der Waals surface area contributed by atoms with Gasteiger partial charge in [-0.15, -0.1) is 0 Å². The minimum Gasteiger partial charge on any atom is -0.351 e. The zero-order valence-electron chi connectivity index (χ0n) is 14.0. The Morgan fingerprint density at radius 2 is 1.75 bits per heavy atom. The first-order valence-corrected chi connectivity index (χ1v) is 8.84. The van der Waals surface area contributed by atoms with Crippen molar-refractivity contribution in [2.24, 2.45) is 0 Å². The van der Waals surface area contributed by atoms with Crippen molar-refractivity contribution in [2.45, 2.75) is 63.5 Å². The first-order valence-electron chi connectivity index (χ1n) is 8.84. The van der Waals surface area contributed by atoms with Crippen LogP contribution in [0.15, 0.2) is 29.3 Å². The largest absolute Gasteiger partial charge is 0.351 e. The molecule has 1 N–H and O–H groups in total. The molecule has 2 fully saturated rings. The Bertz CT molecular complexity index is 758. The van der Waals surface area contributed by atoms with Crippen LogP contribution in [0.2, 0.25) is 0 Å². The summed E-state index contributed by atoms with van der Waals surface area (Å²) >= 11 is 0. The Balaban J connectivity index is 1.35. The third kappa shape index (κ3) is 3.32. The van der Waals surface area contributed by atoms with Gasteiger partial charge in [-0.2, -0.15) is 5.10 Å². The lowest BCUT2D eigenvalue weighted by atomic mass is 9.91. The smallest absolute Gasteiger partial charge is 0.267 e. The van der Waals surface area contributed by atoms with E-state index in [4.69, 9.17) is 0 Å². The van der Waals surface area contributed by atoms with Crippen LogP contribution in [0.5, 0.6) is 0 Å². The van der Waals surface area contributed by atoms with Crippen molar-refractivity contribution in [3.63, 3.8) is 0 Å². The van der Waals surface area contributed by atoms with Crippen molar-refractivity contribution in [3.05, 3.63) is 46.1 Å². The van der Waals surface area contributed by atoms with Gasteiger partial charge in [0.15, 0.2) is 0 Å². The number of hydrogen-bond donors (Lipinski definition) is 1. The van der Waals surface area contributed by atoms with Crippen LogP contribution in [0.3, 0.4) is 0 Å². The van der Waals surface area contributed by atoms with E-state index >= 15 is 0 Å².